The van der Waals surface area contributed by atoms with Crippen molar-refractivity contribution in [3.63, 3.8) is 0 Å². The van der Waals surface area contributed by atoms with Gasteiger partial charge in [-0.3, -0.25) is 14.6 Å². The van der Waals surface area contributed by atoms with Gasteiger partial charge in [0.2, 0.25) is 0 Å². The fourth-order valence-corrected chi connectivity index (χ4v) is 5.21. The predicted molar refractivity (Wildman–Crippen MR) is 167 cm³/mol. The molecule has 1 unspecified atom stereocenters. The summed E-state index contributed by atoms with van der Waals surface area (Å²) in [5.74, 6) is -0.0930. The topological polar surface area (TPSA) is 98.2 Å². The van der Waals surface area contributed by atoms with E-state index in [1.165, 1.54) is 4.90 Å². The van der Waals surface area contributed by atoms with Gasteiger partial charge in [0.25, 0.3) is 11.7 Å². The number of ketones is 1. The molecular weight excluding hydrogens is 556 g/mol. The maximum Gasteiger partial charge on any atom is 0.295 e. The molecule has 8 nitrogen and oxygen atoms in total. The van der Waals surface area contributed by atoms with Gasteiger partial charge in [-0.2, -0.15) is 0 Å². The Hall–Kier alpha value is -5.11. The van der Waals surface area contributed by atoms with E-state index in [0.717, 1.165) is 29.5 Å². The van der Waals surface area contributed by atoms with Gasteiger partial charge in [-0.1, -0.05) is 55.3 Å². The van der Waals surface area contributed by atoms with Gasteiger partial charge in [-0.15, -0.1) is 0 Å². The molecule has 1 saturated heterocycles. The number of benzene rings is 3. The summed E-state index contributed by atoms with van der Waals surface area (Å²) in [6.07, 6.45) is 5.18. The van der Waals surface area contributed by atoms with Crippen molar-refractivity contribution in [1.29, 1.82) is 0 Å². The highest BCUT2D eigenvalue weighted by Gasteiger charge is 2.46. The molecule has 5 rings (SSSR count). The zero-order chi connectivity index (χ0) is 31.1. The maximum absolute atomic E-state index is 13.5. The van der Waals surface area contributed by atoms with E-state index in [1.807, 2.05) is 31.2 Å². The number of unbranched alkanes of at least 4 members (excludes halogenated alkanes) is 1. The van der Waals surface area contributed by atoms with Crippen molar-refractivity contribution in [2.24, 2.45) is 0 Å². The first-order valence-electron chi connectivity index (χ1n) is 14.7. The number of methoxy groups -OCH3 is 1. The fourth-order valence-electron chi connectivity index (χ4n) is 5.21. The van der Waals surface area contributed by atoms with Crippen LogP contribution in [0.1, 0.15) is 53.6 Å². The highest BCUT2D eigenvalue weighted by molar-refractivity contribution is 6.46. The number of aryl methyl sites for hydroxylation is 1. The smallest absolute Gasteiger partial charge is 0.295 e. The zero-order valence-electron chi connectivity index (χ0n) is 25.2. The molecular formula is C36H36N2O6. The summed E-state index contributed by atoms with van der Waals surface area (Å²) in [6, 6.07) is 23.0. The minimum Gasteiger partial charge on any atom is -0.507 e. The van der Waals surface area contributed by atoms with Crippen molar-refractivity contribution in [2.45, 2.75) is 45.9 Å². The van der Waals surface area contributed by atoms with E-state index in [1.54, 1.807) is 68.0 Å². The van der Waals surface area contributed by atoms with Crippen molar-refractivity contribution in [3.05, 3.63) is 125 Å². The Bertz CT molecular complexity index is 1650. The van der Waals surface area contributed by atoms with E-state index < -0.39 is 17.7 Å². The number of Topliss-reactive ketones (excluding diaryl/α,β-unsaturated/α-hetero) is 1. The molecule has 1 atom stereocenters. The Balaban J connectivity index is 1.49. The predicted octanol–water partition coefficient (Wildman–Crippen LogP) is 6.78. The molecule has 2 heterocycles. The molecule has 1 aliphatic heterocycles. The molecule has 226 valence electrons. The van der Waals surface area contributed by atoms with Gasteiger partial charge in [0.05, 0.1) is 25.3 Å². The van der Waals surface area contributed by atoms with Crippen molar-refractivity contribution in [3.8, 4) is 17.2 Å². The number of hydrogen-bond acceptors (Lipinski definition) is 7. The Labute approximate surface area is 257 Å². The largest absolute Gasteiger partial charge is 0.507 e. The maximum atomic E-state index is 13.5. The average molecular weight is 593 g/mol. The summed E-state index contributed by atoms with van der Waals surface area (Å²) in [6.45, 7) is 5.17. The molecule has 4 aromatic rings. The molecule has 8 heteroatoms. The number of rotatable bonds is 12. The lowest BCUT2D eigenvalue weighted by molar-refractivity contribution is -0.140. The van der Waals surface area contributed by atoms with Crippen LogP contribution < -0.4 is 14.2 Å². The number of hydrogen-bond donors (Lipinski definition) is 1. The molecule has 0 bridgehead atoms. The van der Waals surface area contributed by atoms with Crippen molar-refractivity contribution < 1.29 is 28.9 Å². The second-order valence-corrected chi connectivity index (χ2v) is 10.7. The SMILES string of the molecule is CCCCOc1ccc(C2/C(=C(\O)c3ccc(OCc4cccc(C)c4)cc3)C(=O)C(=O)N2Cc2cccnc2)cc1OC. The number of likely N-dealkylation sites (tertiary alicyclic amines) is 1. The minimum absolute atomic E-state index is 0.00553. The fraction of sp³-hybridized carbons (Fsp3) is 0.250. The first kappa shape index (κ1) is 30.4. The highest BCUT2D eigenvalue weighted by Crippen LogP contribution is 2.43. The van der Waals surface area contributed by atoms with Gasteiger partial charge in [-0.25, -0.2) is 0 Å². The Morgan fingerprint density at radius 1 is 0.932 bits per heavy atom. The van der Waals surface area contributed by atoms with Crippen LogP contribution in [0.25, 0.3) is 5.76 Å². The Morgan fingerprint density at radius 3 is 2.43 bits per heavy atom. The summed E-state index contributed by atoms with van der Waals surface area (Å²) in [4.78, 5) is 32.6. The van der Waals surface area contributed by atoms with Crippen LogP contribution in [0.4, 0.5) is 0 Å². The van der Waals surface area contributed by atoms with E-state index in [-0.39, 0.29) is 17.9 Å². The van der Waals surface area contributed by atoms with Gasteiger partial charge in [-0.05, 0) is 72.5 Å². The third kappa shape index (κ3) is 6.75. The van der Waals surface area contributed by atoms with Crippen LogP contribution in [0.15, 0.2) is 96.8 Å². The molecule has 1 fully saturated rings. The first-order valence-corrected chi connectivity index (χ1v) is 14.7. The number of aromatic nitrogens is 1. The first-order chi connectivity index (χ1) is 21.4. The second-order valence-electron chi connectivity index (χ2n) is 10.7. The summed E-state index contributed by atoms with van der Waals surface area (Å²) in [5.41, 5.74) is 3.94. The number of aliphatic hydroxyl groups is 1. The lowest BCUT2D eigenvalue weighted by Crippen LogP contribution is -2.29. The molecule has 1 N–H and O–H groups in total. The molecule has 1 aliphatic rings. The summed E-state index contributed by atoms with van der Waals surface area (Å²) in [7, 11) is 1.54. The van der Waals surface area contributed by atoms with Crippen LogP contribution in [0.2, 0.25) is 0 Å². The molecule has 0 spiro atoms. The Morgan fingerprint density at radius 2 is 1.73 bits per heavy atom. The van der Waals surface area contributed by atoms with Gasteiger partial charge in [0.15, 0.2) is 11.5 Å². The number of carbonyl (C=O) groups is 2. The Kier molecular flexibility index (Phi) is 9.59. The summed E-state index contributed by atoms with van der Waals surface area (Å²) >= 11 is 0. The molecule has 1 aromatic heterocycles. The van der Waals surface area contributed by atoms with Crippen LogP contribution in [-0.4, -0.2) is 40.4 Å². The standard InChI is InChI=1S/C36H36N2O6/c1-4-5-18-43-30-16-13-28(20-31(30)42-3)33-32(35(40)36(41)38(33)22-26-10-7-17-37-21-26)34(39)27-11-14-29(15-12-27)44-23-25-9-6-8-24(2)19-25/h6-17,19-21,33,39H,4-5,18,22-23H2,1-3H3/b34-32+. The van der Waals surface area contributed by atoms with Crippen molar-refractivity contribution in [1.82, 2.24) is 9.88 Å². The number of carbonyl (C=O) groups excluding carboxylic acids is 2. The van der Waals surface area contributed by atoms with Gasteiger partial charge >= 0.3 is 0 Å². The highest BCUT2D eigenvalue weighted by atomic mass is 16.5. The second kappa shape index (κ2) is 13.9. The summed E-state index contributed by atoms with van der Waals surface area (Å²) < 4.78 is 17.5. The van der Waals surface area contributed by atoms with E-state index >= 15 is 0 Å². The molecule has 44 heavy (non-hydrogen) atoms. The lowest BCUT2D eigenvalue weighted by atomic mass is 9.94. The van der Waals surface area contributed by atoms with Crippen molar-refractivity contribution in [2.75, 3.05) is 13.7 Å². The van der Waals surface area contributed by atoms with Gasteiger partial charge in [0, 0.05) is 24.5 Å². The van der Waals surface area contributed by atoms with E-state index in [0.29, 0.717) is 41.6 Å². The monoisotopic (exact) mass is 592 g/mol. The average Bonchev–Trinajstić information content (AvgIpc) is 3.29. The quantitative estimate of drug-likeness (QED) is 0.0838. The molecule has 0 saturated carbocycles. The normalized spacial score (nSPS) is 15.8. The molecule has 1 amide bonds. The van der Waals surface area contributed by atoms with Crippen LogP contribution in [-0.2, 0) is 22.7 Å². The van der Waals surface area contributed by atoms with Crippen LogP contribution in [0.3, 0.4) is 0 Å². The van der Waals surface area contributed by atoms with E-state index in [2.05, 4.69) is 18.0 Å². The molecule has 0 radical (unpaired) electrons. The van der Waals surface area contributed by atoms with Crippen LogP contribution in [0.5, 0.6) is 17.2 Å². The number of nitrogens with zero attached hydrogens (tertiary/aromatic N) is 2. The number of amides is 1. The third-order valence-corrected chi connectivity index (χ3v) is 7.49. The van der Waals surface area contributed by atoms with Crippen LogP contribution >= 0.6 is 0 Å². The molecule has 0 aliphatic carbocycles. The van der Waals surface area contributed by atoms with Crippen LogP contribution in [0, 0.1) is 6.92 Å². The van der Waals surface area contributed by atoms with Gasteiger partial charge in [0.1, 0.15) is 18.1 Å². The minimum atomic E-state index is -0.869. The number of ether oxygens (including phenoxy) is 3. The third-order valence-electron chi connectivity index (χ3n) is 7.49. The zero-order valence-corrected chi connectivity index (χ0v) is 25.2. The number of pyridine rings is 1. The lowest BCUT2D eigenvalue weighted by Gasteiger charge is -2.26. The summed E-state index contributed by atoms with van der Waals surface area (Å²) in [5, 5.41) is 11.5. The van der Waals surface area contributed by atoms with Gasteiger partial charge < -0.3 is 24.2 Å². The van der Waals surface area contributed by atoms with E-state index in [9.17, 15) is 14.7 Å². The molecule has 3 aromatic carbocycles. The number of aliphatic hydroxyl groups excluding tert-OH is 1. The van der Waals surface area contributed by atoms with E-state index in [4.69, 9.17) is 14.2 Å². The van der Waals surface area contributed by atoms with Crippen molar-refractivity contribution >= 4 is 17.4 Å².